The standard InChI is InChI=1S/C16H18N2O6/c1-9(20)10-3-4-13(21)12(7-10)17-14-11(16(23)24-2)8-18(5-6-19)15(14)22/h3-4,7,17,19,21H,5-6,8H2,1-2H3. The summed E-state index contributed by atoms with van der Waals surface area (Å²) in [4.78, 5) is 37.0. The number of carbonyl (C=O) groups excluding carboxylic acids is 3. The Morgan fingerprint density at radius 2 is 2.08 bits per heavy atom. The van der Waals surface area contributed by atoms with Gasteiger partial charge in [-0.1, -0.05) is 0 Å². The largest absolute Gasteiger partial charge is 0.506 e. The number of benzene rings is 1. The van der Waals surface area contributed by atoms with Gasteiger partial charge >= 0.3 is 5.97 Å². The number of hydrogen-bond acceptors (Lipinski definition) is 7. The SMILES string of the molecule is COC(=O)C1=C(Nc2cc(C(C)=O)ccc2O)C(=O)N(CCO)C1. The monoisotopic (exact) mass is 334 g/mol. The highest BCUT2D eigenvalue weighted by molar-refractivity contribution is 6.09. The fourth-order valence-electron chi connectivity index (χ4n) is 2.34. The molecule has 1 amide bonds. The quantitative estimate of drug-likeness (QED) is 0.388. The number of nitrogens with one attached hydrogen (secondary N) is 1. The van der Waals surface area contributed by atoms with Crippen LogP contribution in [0.4, 0.5) is 5.69 Å². The lowest BCUT2D eigenvalue weighted by atomic mass is 10.1. The zero-order valence-electron chi connectivity index (χ0n) is 13.3. The fourth-order valence-corrected chi connectivity index (χ4v) is 2.34. The minimum atomic E-state index is -0.687. The van der Waals surface area contributed by atoms with Crippen LogP contribution >= 0.6 is 0 Å². The fraction of sp³-hybridized carbons (Fsp3) is 0.312. The first-order chi connectivity index (χ1) is 11.4. The lowest BCUT2D eigenvalue weighted by Gasteiger charge is -2.15. The second-order valence-electron chi connectivity index (χ2n) is 5.21. The van der Waals surface area contributed by atoms with Crippen LogP contribution in [0.5, 0.6) is 5.75 Å². The first-order valence-electron chi connectivity index (χ1n) is 7.21. The minimum Gasteiger partial charge on any atom is -0.506 e. The van der Waals surface area contributed by atoms with Crippen molar-refractivity contribution in [2.45, 2.75) is 6.92 Å². The highest BCUT2D eigenvalue weighted by Crippen LogP contribution is 2.29. The molecule has 0 aromatic heterocycles. The highest BCUT2D eigenvalue weighted by Gasteiger charge is 2.34. The number of methoxy groups -OCH3 is 1. The van der Waals surface area contributed by atoms with Gasteiger partial charge in [-0.15, -0.1) is 0 Å². The summed E-state index contributed by atoms with van der Waals surface area (Å²) in [6.07, 6.45) is 0. The van der Waals surface area contributed by atoms with Crippen molar-refractivity contribution < 1.29 is 29.3 Å². The van der Waals surface area contributed by atoms with Gasteiger partial charge in [0, 0.05) is 12.1 Å². The number of anilines is 1. The topological polar surface area (TPSA) is 116 Å². The van der Waals surface area contributed by atoms with Crippen LogP contribution in [0.2, 0.25) is 0 Å². The predicted octanol–water partition coefficient (Wildman–Crippen LogP) is 0.268. The van der Waals surface area contributed by atoms with E-state index < -0.39 is 11.9 Å². The summed E-state index contributed by atoms with van der Waals surface area (Å²) >= 11 is 0. The maximum atomic E-state index is 12.4. The maximum absolute atomic E-state index is 12.4. The van der Waals surface area contributed by atoms with E-state index in [0.29, 0.717) is 5.56 Å². The van der Waals surface area contributed by atoms with E-state index in [-0.39, 0.29) is 48.2 Å². The van der Waals surface area contributed by atoms with Gasteiger partial charge in [0.2, 0.25) is 0 Å². The number of aliphatic hydroxyl groups is 1. The number of ether oxygens (including phenoxy) is 1. The Bertz CT molecular complexity index is 725. The average molecular weight is 334 g/mol. The van der Waals surface area contributed by atoms with Gasteiger partial charge in [-0.05, 0) is 25.1 Å². The molecule has 128 valence electrons. The number of aromatic hydroxyl groups is 1. The summed E-state index contributed by atoms with van der Waals surface area (Å²) in [6.45, 7) is 1.17. The molecule has 0 fully saturated rings. The number of amides is 1. The van der Waals surface area contributed by atoms with E-state index in [1.165, 1.54) is 37.1 Å². The summed E-state index contributed by atoms with van der Waals surface area (Å²) in [6, 6.07) is 4.16. The molecule has 3 N–H and O–H groups in total. The molecule has 1 aromatic carbocycles. The molecule has 1 aliphatic heterocycles. The molecule has 1 heterocycles. The normalized spacial score (nSPS) is 14.1. The third-order valence-corrected chi connectivity index (χ3v) is 3.62. The first-order valence-corrected chi connectivity index (χ1v) is 7.21. The summed E-state index contributed by atoms with van der Waals surface area (Å²) in [5.41, 5.74) is 0.501. The van der Waals surface area contributed by atoms with Crippen LogP contribution in [0.15, 0.2) is 29.5 Å². The molecule has 0 atom stereocenters. The Hall–Kier alpha value is -2.87. The third-order valence-electron chi connectivity index (χ3n) is 3.62. The number of rotatable bonds is 6. The van der Waals surface area contributed by atoms with Gasteiger partial charge in [0.1, 0.15) is 11.4 Å². The van der Waals surface area contributed by atoms with Crippen LogP contribution in [-0.4, -0.2) is 59.6 Å². The molecule has 0 bridgehead atoms. The first kappa shape index (κ1) is 17.5. The van der Waals surface area contributed by atoms with E-state index in [0.717, 1.165) is 0 Å². The molecule has 0 saturated heterocycles. The van der Waals surface area contributed by atoms with Crippen molar-refractivity contribution in [2.75, 3.05) is 32.1 Å². The Balaban J connectivity index is 2.40. The summed E-state index contributed by atoms with van der Waals surface area (Å²) in [5.74, 6) is -1.57. The van der Waals surface area contributed by atoms with Crippen molar-refractivity contribution in [3.05, 3.63) is 35.0 Å². The Labute approximate surface area is 138 Å². The molecule has 2 rings (SSSR count). The zero-order chi connectivity index (χ0) is 17.9. The minimum absolute atomic E-state index is 0.0123. The Morgan fingerprint density at radius 3 is 2.67 bits per heavy atom. The van der Waals surface area contributed by atoms with E-state index in [4.69, 9.17) is 5.11 Å². The number of ketones is 1. The molecule has 0 radical (unpaired) electrons. The smallest absolute Gasteiger partial charge is 0.337 e. The van der Waals surface area contributed by atoms with Gasteiger partial charge in [-0.25, -0.2) is 4.79 Å². The van der Waals surface area contributed by atoms with Crippen molar-refractivity contribution in [3.8, 4) is 5.75 Å². The molecular weight excluding hydrogens is 316 g/mol. The zero-order valence-corrected chi connectivity index (χ0v) is 13.3. The Morgan fingerprint density at radius 1 is 1.38 bits per heavy atom. The molecule has 1 aromatic rings. The molecule has 24 heavy (non-hydrogen) atoms. The van der Waals surface area contributed by atoms with Crippen LogP contribution in [0, 0.1) is 0 Å². The van der Waals surface area contributed by atoms with Crippen molar-refractivity contribution in [1.29, 1.82) is 0 Å². The second kappa shape index (κ2) is 7.14. The van der Waals surface area contributed by atoms with Crippen molar-refractivity contribution >= 4 is 23.3 Å². The Kier molecular flexibility index (Phi) is 5.20. The van der Waals surface area contributed by atoms with Gasteiger partial charge in [0.25, 0.3) is 5.91 Å². The van der Waals surface area contributed by atoms with Crippen molar-refractivity contribution in [3.63, 3.8) is 0 Å². The van der Waals surface area contributed by atoms with E-state index in [9.17, 15) is 19.5 Å². The van der Waals surface area contributed by atoms with Crippen LogP contribution in [0.25, 0.3) is 0 Å². The van der Waals surface area contributed by atoms with Crippen LogP contribution in [0.1, 0.15) is 17.3 Å². The van der Waals surface area contributed by atoms with Crippen LogP contribution in [-0.2, 0) is 14.3 Å². The summed E-state index contributed by atoms with van der Waals surface area (Å²) < 4.78 is 4.67. The number of esters is 1. The highest BCUT2D eigenvalue weighted by atomic mass is 16.5. The molecule has 8 nitrogen and oxygen atoms in total. The number of nitrogens with zero attached hydrogens (tertiary/aromatic N) is 1. The third kappa shape index (κ3) is 3.38. The molecule has 0 aliphatic carbocycles. The lowest BCUT2D eigenvalue weighted by Crippen LogP contribution is -2.31. The van der Waals surface area contributed by atoms with E-state index in [1.54, 1.807) is 0 Å². The van der Waals surface area contributed by atoms with Gasteiger partial charge in [-0.3, -0.25) is 9.59 Å². The van der Waals surface area contributed by atoms with Gasteiger partial charge in [-0.2, -0.15) is 0 Å². The maximum Gasteiger partial charge on any atom is 0.337 e. The number of carbonyl (C=O) groups is 3. The molecular formula is C16H18N2O6. The van der Waals surface area contributed by atoms with Gasteiger partial charge < -0.3 is 25.2 Å². The van der Waals surface area contributed by atoms with Crippen molar-refractivity contribution in [1.82, 2.24) is 4.90 Å². The molecule has 0 unspecified atom stereocenters. The van der Waals surface area contributed by atoms with Gasteiger partial charge in [0.05, 0.1) is 31.5 Å². The predicted molar refractivity (Wildman–Crippen MR) is 84.4 cm³/mol. The number of Topliss-reactive ketones (excluding diaryl/α,β-unsaturated/α-hetero) is 1. The number of phenols is 1. The van der Waals surface area contributed by atoms with Crippen molar-refractivity contribution in [2.24, 2.45) is 0 Å². The summed E-state index contributed by atoms with van der Waals surface area (Å²) in [7, 11) is 1.19. The number of β-amino-alcohol motifs (C(OH)–C–C–N with tert-alkyl or cyclic N) is 1. The molecule has 1 aliphatic rings. The molecule has 8 heteroatoms. The number of aliphatic hydroxyl groups excluding tert-OH is 1. The van der Waals surface area contributed by atoms with Crippen LogP contribution < -0.4 is 5.32 Å². The van der Waals surface area contributed by atoms with E-state index in [1.807, 2.05) is 0 Å². The number of phenolic OH excluding ortho intramolecular Hbond substituents is 1. The number of hydrogen-bond donors (Lipinski definition) is 3. The van der Waals surface area contributed by atoms with E-state index in [2.05, 4.69) is 10.1 Å². The average Bonchev–Trinajstić information content (AvgIpc) is 2.85. The summed E-state index contributed by atoms with van der Waals surface area (Å²) in [5, 5.41) is 21.7. The van der Waals surface area contributed by atoms with Crippen LogP contribution in [0.3, 0.4) is 0 Å². The lowest BCUT2D eigenvalue weighted by molar-refractivity contribution is -0.136. The van der Waals surface area contributed by atoms with Gasteiger partial charge in [0.15, 0.2) is 5.78 Å². The van der Waals surface area contributed by atoms with E-state index >= 15 is 0 Å². The molecule has 0 saturated carbocycles. The molecule has 0 spiro atoms. The second-order valence-corrected chi connectivity index (χ2v) is 5.21.